The monoisotopic (exact) mass is 353 g/mol. The van der Waals surface area contributed by atoms with E-state index in [0.717, 1.165) is 32.1 Å². The molecule has 0 aromatic rings. The molecule has 1 rings (SSSR count). The Kier molecular flexibility index (Phi) is 8.54. The zero-order valence-corrected chi connectivity index (χ0v) is 16.7. The maximum Gasteiger partial charge on any atom is 0.341 e. The molecule has 0 amide bonds. The number of hydrogen-bond donors (Lipinski definition) is 0. The van der Waals surface area contributed by atoms with Gasteiger partial charge >= 0.3 is 7.60 Å². The molecule has 124 valence electrons. The molecular formula is C14H30NO3P3. The lowest BCUT2D eigenvalue weighted by atomic mass is 9.98. The predicted molar refractivity (Wildman–Crippen MR) is 97.1 cm³/mol. The molecule has 0 aromatic carbocycles. The van der Waals surface area contributed by atoms with Gasteiger partial charge in [-0.2, -0.15) is 0 Å². The first kappa shape index (κ1) is 19.7. The topological polar surface area (TPSA) is 47.9 Å². The molecule has 0 radical (unpaired) electrons. The van der Waals surface area contributed by atoms with Crippen LogP contribution in [-0.4, -0.2) is 17.4 Å². The van der Waals surface area contributed by atoms with Crippen molar-refractivity contribution in [1.29, 1.82) is 0 Å². The van der Waals surface area contributed by atoms with E-state index in [1.807, 2.05) is 6.92 Å². The van der Waals surface area contributed by atoms with Crippen LogP contribution < -0.4 is 0 Å². The molecule has 21 heavy (non-hydrogen) atoms. The van der Waals surface area contributed by atoms with Crippen molar-refractivity contribution in [3.63, 3.8) is 0 Å². The van der Waals surface area contributed by atoms with Gasteiger partial charge in [0.25, 0.3) is 0 Å². The van der Waals surface area contributed by atoms with Gasteiger partial charge in [0, 0.05) is 31.2 Å². The lowest BCUT2D eigenvalue weighted by Gasteiger charge is -2.34. The van der Waals surface area contributed by atoms with Gasteiger partial charge in [-0.3, -0.25) is 18.2 Å². The first-order chi connectivity index (χ1) is 9.88. The van der Waals surface area contributed by atoms with Crippen LogP contribution in [0.5, 0.6) is 0 Å². The van der Waals surface area contributed by atoms with Crippen LogP contribution in [0.15, 0.2) is 4.99 Å². The van der Waals surface area contributed by atoms with Gasteiger partial charge < -0.3 is 0 Å². The van der Waals surface area contributed by atoms with Gasteiger partial charge in [-0.15, -0.1) is 0 Å². The summed E-state index contributed by atoms with van der Waals surface area (Å²) >= 11 is 0. The van der Waals surface area contributed by atoms with Crippen LogP contribution in [0.2, 0.25) is 0 Å². The van der Waals surface area contributed by atoms with Crippen LogP contribution in [0.1, 0.15) is 65.7 Å². The molecule has 0 aliphatic carbocycles. The zero-order chi connectivity index (χ0) is 15.9. The van der Waals surface area contributed by atoms with Crippen LogP contribution in [0.3, 0.4) is 0 Å². The number of rotatable bonds is 4. The third-order valence-corrected chi connectivity index (χ3v) is 8.46. The molecular weight excluding hydrogens is 323 g/mol. The fourth-order valence-electron chi connectivity index (χ4n) is 2.83. The molecule has 0 N–H and O–H groups in total. The van der Waals surface area contributed by atoms with Crippen LogP contribution in [-0.2, 0) is 13.2 Å². The summed E-state index contributed by atoms with van der Waals surface area (Å²) in [4.78, 5) is 4.77. The van der Waals surface area contributed by atoms with Gasteiger partial charge in [0.1, 0.15) is 0 Å². The van der Waals surface area contributed by atoms with E-state index >= 15 is 0 Å². The van der Waals surface area contributed by atoms with Crippen molar-refractivity contribution >= 4 is 32.2 Å². The largest absolute Gasteiger partial charge is 0.341 e. The highest BCUT2D eigenvalue weighted by Gasteiger charge is 2.45. The third-order valence-electron chi connectivity index (χ3n) is 4.47. The lowest BCUT2D eigenvalue weighted by Crippen LogP contribution is -2.26. The Bertz CT molecular complexity index is 393. The molecule has 0 bridgehead atoms. The van der Waals surface area contributed by atoms with E-state index in [-0.39, 0.29) is 0 Å². The van der Waals surface area contributed by atoms with Crippen LogP contribution >= 0.6 is 26.5 Å². The molecule has 3 unspecified atom stereocenters. The van der Waals surface area contributed by atoms with E-state index in [0.29, 0.717) is 12.5 Å². The van der Waals surface area contributed by atoms with Gasteiger partial charge in [0.05, 0.1) is 5.16 Å². The van der Waals surface area contributed by atoms with Crippen molar-refractivity contribution in [2.75, 3.05) is 6.54 Å². The van der Waals surface area contributed by atoms with Gasteiger partial charge in [0.2, 0.25) is 0 Å². The van der Waals surface area contributed by atoms with E-state index in [2.05, 4.69) is 32.8 Å². The summed E-state index contributed by atoms with van der Waals surface area (Å²) in [5, 5.41) is -0.480. The summed E-state index contributed by atoms with van der Waals surface area (Å²) in [5.41, 5.74) is 1.28. The second-order valence-corrected chi connectivity index (χ2v) is 10.2. The fourth-order valence-corrected chi connectivity index (χ4v) is 6.32. The highest BCUT2D eigenvalue weighted by atomic mass is 31.2. The Morgan fingerprint density at radius 1 is 1.14 bits per heavy atom. The van der Waals surface area contributed by atoms with E-state index in [1.54, 1.807) is 0 Å². The average Bonchev–Trinajstić information content (AvgIpc) is 2.51. The summed E-state index contributed by atoms with van der Waals surface area (Å²) in [6.45, 7) is 7.08. The second kappa shape index (κ2) is 9.09. The smallest absolute Gasteiger partial charge is 0.294 e. The SMILES string of the molecule is CC(C)C1=NCCC(C)(P(=O)(OP)OP)CCCCCC1. The highest BCUT2D eigenvalue weighted by Crippen LogP contribution is 2.65. The van der Waals surface area contributed by atoms with Gasteiger partial charge in [0.15, 0.2) is 0 Å². The van der Waals surface area contributed by atoms with E-state index in [4.69, 9.17) is 13.6 Å². The quantitative estimate of drug-likeness (QED) is 0.637. The molecule has 0 aromatic heterocycles. The Labute approximate surface area is 134 Å². The van der Waals surface area contributed by atoms with Crippen molar-refractivity contribution in [2.45, 2.75) is 70.9 Å². The average molecular weight is 353 g/mol. The molecule has 0 spiro atoms. The molecule has 4 nitrogen and oxygen atoms in total. The third kappa shape index (κ3) is 5.36. The van der Waals surface area contributed by atoms with Gasteiger partial charge in [-0.25, -0.2) is 0 Å². The van der Waals surface area contributed by atoms with Crippen molar-refractivity contribution in [3.05, 3.63) is 0 Å². The molecule has 0 fully saturated rings. The molecule has 1 aliphatic heterocycles. The maximum absolute atomic E-state index is 12.9. The summed E-state index contributed by atoms with van der Waals surface area (Å²) in [6.07, 6.45) is 7.28. The summed E-state index contributed by atoms with van der Waals surface area (Å²) in [6, 6.07) is 0. The number of nitrogens with zero attached hydrogens (tertiary/aromatic N) is 1. The van der Waals surface area contributed by atoms with Crippen molar-refractivity contribution in [2.24, 2.45) is 10.9 Å². The molecule has 1 heterocycles. The minimum Gasteiger partial charge on any atom is -0.294 e. The summed E-state index contributed by atoms with van der Waals surface area (Å²) in [5.74, 6) is 0.486. The summed E-state index contributed by atoms with van der Waals surface area (Å²) < 4.78 is 23.2. The lowest BCUT2D eigenvalue weighted by molar-refractivity contribution is 0.355. The van der Waals surface area contributed by atoms with Gasteiger partial charge in [-0.1, -0.05) is 33.1 Å². The van der Waals surface area contributed by atoms with Crippen LogP contribution in [0.25, 0.3) is 0 Å². The predicted octanol–water partition coefficient (Wildman–Crippen LogP) is 5.39. The molecule has 0 saturated carbocycles. The molecule has 3 atom stereocenters. The summed E-state index contributed by atoms with van der Waals surface area (Å²) in [7, 11) is 1.06. The number of hydrogen-bond acceptors (Lipinski definition) is 4. The van der Waals surface area contributed by atoms with Crippen molar-refractivity contribution in [1.82, 2.24) is 0 Å². The molecule has 7 heteroatoms. The highest BCUT2D eigenvalue weighted by molar-refractivity contribution is 7.62. The fraction of sp³-hybridized carbons (Fsp3) is 0.929. The van der Waals surface area contributed by atoms with E-state index in [1.165, 1.54) is 18.6 Å². The molecule has 1 aliphatic rings. The van der Waals surface area contributed by atoms with Crippen LogP contribution in [0.4, 0.5) is 0 Å². The first-order valence-electron chi connectivity index (χ1n) is 7.79. The minimum atomic E-state index is -3.15. The number of aliphatic imine (C=N–C) groups is 1. The maximum atomic E-state index is 12.9. The zero-order valence-electron chi connectivity index (χ0n) is 13.5. The van der Waals surface area contributed by atoms with Crippen molar-refractivity contribution < 1.29 is 13.2 Å². The Hall–Kier alpha value is 0.680. The van der Waals surface area contributed by atoms with Crippen LogP contribution in [0, 0.1) is 5.92 Å². The van der Waals surface area contributed by atoms with E-state index < -0.39 is 12.8 Å². The second-order valence-electron chi connectivity index (χ2n) is 6.40. The first-order valence-corrected chi connectivity index (χ1v) is 10.3. The van der Waals surface area contributed by atoms with Gasteiger partial charge in [-0.05, 0) is 38.5 Å². The van der Waals surface area contributed by atoms with E-state index in [9.17, 15) is 4.57 Å². The Morgan fingerprint density at radius 2 is 1.76 bits per heavy atom. The minimum absolute atomic E-state index is 0.480. The Morgan fingerprint density at radius 3 is 2.33 bits per heavy atom. The standard InChI is InChI=1S/C14H30NO3P3/c1-12(2)13-8-6-4-5-7-9-14(3,10-11-15-13)21(16,17-19)18-20/h12H,4-11,19-20H2,1-3H3. The normalized spacial score (nSPS) is 26.3. The molecule has 0 saturated heterocycles. The Balaban J connectivity index is 2.94. The van der Waals surface area contributed by atoms with Crippen molar-refractivity contribution in [3.8, 4) is 0 Å².